The lowest BCUT2D eigenvalue weighted by Gasteiger charge is -2.26. The Bertz CT molecular complexity index is 991. The molecule has 0 atom stereocenters. The standard InChI is InChI=1S/C20H23N7O/c1-3-28-17-9-6-8-16-14(2)24-20(25-18(16)17)26-19-22-12-27(13-23-19)11-15-7-4-5-10-21-15/h4-10H,3,11-13H2,1-2H3,(H2,22,23,24,25,26). The summed E-state index contributed by atoms with van der Waals surface area (Å²) < 4.78 is 5.71. The molecular formula is C20H23N7O. The smallest absolute Gasteiger partial charge is 0.230 e. The highest BCUT2D eigenvalue weighted by Gasteiger charge is 2.15. The van der Waals surface area contributed by atoms with Crippen molar-refractivity contribution in [2.75, 3.05) is 25.3 Å². The van der Waals surface area contributed by atoms with E-state index in [0.29, 0.717) is 31.9 Å². The second-order valence-corrected chi connectivity index (χ2v) is 6.48. The number of anilines is 1. The molecular weight excluding hydrogens is 354 g/mol. The van der Waals surface area contributed by atoms with Gasteiger partial charge in [0.25, 0.3) is 0 Å². The maximum atomic E-state index is 5.71. The van der Waals surface area contributed by atoms with Crippen molar-refractivity contribution < 1.29 is 4.74 Å². The van der Waals surface area contributed by atoms with Crippen molar-refractivity contribution in [1.29, 1.82) is 0 Å². The minimum atomic E-state index is 0.501. The highest BCUT2D eigenvalue weighted by Crippen LogP contribution is 2.26. The summed E-state index contributed by atoms with van der Waals surface area (Å²) >= 11 is 0. The van der Waals surface area contributed by atoms with Crippen molar-refractivity contribution >= 4 is 22.8 Å². The number of rotatable bonds is 5. The van der Waals surface area contributed by atoms with Crippen molar-refractivity contribution in [2.24, 2.45) is 4.99 Å². The number of fused-ring (bicyclic) bond motifs is 1. The normalized spacial score (nSPS) is 14.4. The third-order valence-electron chi connectivity index (χ3n) is 4.42. The summed E-state index contributed by atoms with van der Waals surface area (Å²) in [6, 6.07) is 11.8. The molecule has 3 aromatic rings. The van der Waals surface area contributed by atoms with Gasteiger partial charge in [-0.05, 0) is 32.0 Å². The fraction of sp³-hybridized carbons (Fsp3) is 0.300. The largest absolute Gasteiger partial charge is 0.492 e. The number of aromatic nitrogens is 3. The number of nitrogens with zero attached hydrogens (tertiary/aromatic N) is 5. The summed E-state index contributed by atoms with van der Waals surface area (Å²) in [4.78, 5) is 20.3. The molecule has 144 valence electrons. The fourth-order valence-corrected chi connectivity index (χ4v) is 3.09. The van der Waals surface area contributed by atoms with Crippen molar-refractivity contribution in [2.45, 2.75) is 20.4 Å². The number of hydrogen-bond acceptors (Lipinski definition) is 8. The van der Waals surface area contributed by atoms with E-state index in [2.05, 4.69) is 35.5 Å². The number of aryl methyl sites for hydroxylation is 1. The first-order chi connectivity index (χ1) is 13.7. The predicted octanol–water partition coefficient (Wildman–Crippen LogP) is 2.52. The second kappa shape index (κ2) is 8.18. The van der Waals surface area contributed by atoms with Crippen LogP contribution in [-0.4, -0.2) is 45.8 Å². The van der Waals surface area contributed by atoms with Crippen LogP contribution in [-0.2, 0) is 6.54 Å². The average molecular weight is 377 g/mol. The van der Waals surface area contributed by atoms with Gasteiger partial charge in [0, 0.05) is 18.1 Å². The maximum absolute atomic E-state index is 5.71. The molecule has 1 aliphatic heterocycles. The summed E-state index contributed by atoms with van der Waals surface area (Å²) in [5.41, 5.74) is 2.71. The Kier molecular flexibility index (Phi) is 5.29. The number of nitrogens with one attached hydrogen (secondary N) is 2. The Morgan fingerprint density at radius 1 is 1.18 bits per heavy atom. The first-order valence-corrected chi connectivity index (χ1v) is 9.30. The van der Waals surface area contributed by atoms with E-state index < -0.39 is 0 Å². The topological polar surface area (TPSA) is 87.6 Å². The van der Waals surface area contributed by atoms with Gasteiger partial charge < -0.3 is 10.1 Å². The highest BCUT2D eigenvalue weighted by atomic mass is 16.5. The van der Waals surface area contributed by atoms with Gasteiger partial charge in [0.05, 0.1) is 31.3 Å². The van der Waals surface area contributed by atoms with E-state index in [1.165, 1.54) is 0 Å². The average Bonchev–Trinajstić information content (AvgIpc) is 2.71. The van der Waals surface area contributed by atoms with Gasteiger partial charge >= 0.3 is 0 Å². The van der Waals surface area contributed by atoms with Crippen LogP contribution in [0.2, 0.25) is 0 Å². The van der Waals surface area contributed by atoms with Crippen LogP contribution in [0.1, 0.15) is 18.3 Å². The SMILES string of the molecule is CCOc1cccc2c(C)nc(NC3=NCN(Cc4ccccn4)CN3)nc12. The van der Waals surface area contributed by atoms with Crippen LogP contribution >= 0.6 is 0 Å². The van der Waals surface area contributed by atoms with Crippen molar-refractivity contribution in [3.63, 3.8) is 0 Å². The van der Waals surface area contributed by atoms with Gasteiger partial charge in [-0.25, -0.2) is 15.0 Å². The molecule has 28 heavy (non-hydrogen) atoms. The predicted molar refractivity (Wildman–Crippen MR) is 109 cm³/mol. The Labute approximate surface area is 163 Å². The van der Waals surface area contributed by atoms with Gasteiger partial charge in [-0.1, -0.05) is 18.2 Å². The van der Waals surface area contributed by atoms with E-state index in [0.717, 1.165) is 34.6 Å². The Balaban J connectivity index is 1.48. The molecule has 1 aliphatic rings. The lowest BCUT2D eigenvalue weighted by atomic mass is 10.2. The molecule has 4 rings (SSSR count). The summed E-state index contributed by atoms with van der Waals surface area (Å²) in [6.07, 6.45) is 1.80. The molecule has 0 aliphatic carbocycles. The monoisotopic (exact) mass is 377 g/mol. The first-order valence-electron chi connectivity index (χ1n) is 9.30. The third-order valence-corrected chi connectivity index (χ3v) is 4.42. The Hall–Kier alpha value is -3.26. The van der Waals surface area contributed by atoms with Crippen LogP contribution in [0.3, 0.4) is 0 Å². The highest BCUT2D eigenvalue weighted by molar-refractivity contribution is 5.94. The van der Waals surface area contributed by atoms with Crippen LogP contribution in [0, 0.1) is 6.92 Å². The van der Waals surface area contributed by atoms with Gasteiger partial charge in [-0.2, -0.15) is 0 Å². The number of hydrogen-bond donors (Lipinski definition) is 2. The van der Waals surface area contributed by atoms with E-state index in [9.17, 15) is 0 Å². The molecule has 8 nitrogen and oxygen atoms in total. The maximum Gasteiger partial charge on any atom is 0.230 e. The molecule has 0 spiro atoms. The molecule has 0 amide bonds. The zero-order chi connectivity index (χ0) is 19.3. The van der Waals surface area contributed by atoms with Gasteiger partial charge in [-0.3, -0.25) is 15.2 Å². The fourth-order valence-electron chi connectivity index (χ4n) is 3.09. The van der Waals surface area contributed by atoms with E-state index in [1.54, 1.807) is 6.20 Å². The first kappa shape index (κ1) is 18.1. The summed E-state index contributed by atoms with van der Waals surface area (Å²) in [6.45, 7) is 6.50. The van der Waals surface area contributed by atoms with E-state index in [-0.39, 0.29) is 0 Å². The summed E-state index contributed by atoms with van der Waals surface area (Å²) in [7, 11) is 0. The number of benzene rings is 1. The lowest BCUT2D eigenvalue weighted by Crippen LogP contribution is -2.45. The lowest BCUT2D eigenvalue weighted by molar-refractivity contribution is 0.254. The Morgan fingerprint density at radius 3 is 2.86 bits per heavy atom. The third kappa shape index (κ3) is 4.01. The van der Waals surface area contributed by atoms with Crippen LogP contribution in [0.5, 0.6) is 5.75 Å². The number of guanidine groups is 1. The molecule has 8 heteroatoms. The van der Waals surface area contributed by atoms with Crippen LogP contribution < -0.4 is 15.4 Å². The number of aliphatic imine (C=N–C) groups is 1. The zero-order valence-corrected chi connectivity index (χ0v) is 16.0. The van der Waals surface area contributed by atoms with E-state index in [1.807, 2.05) is 50.2 Å². The molecule has 0 fully saturated rings. The molecule has 0 unspecified atom stereocenters. The molecule has 3 heterocycles. The van der Waals surface area contributed by atoms with Gasteiger partial charge in [0.1, 0.15) is 11.3 Å². The minimum Gasteiger partial charge on any atom is -0.492 e. The number of pyridine rings is 1. The number of ether oxygens (including phenoxy) is 1. The molecule has 2 N–H and O–H groups in total. The molecule has 0 saturated heterocycles. The summed E-state index contributed by atoms with van der Waals surface area (Å²) in [5.74, 6) is 1.92. The van der Waals surface area contributed by atoms with E-state index in [4.69, 9.17) is 4.74 Å². The molecule has 0 saturated carbocycles. The van der Waals surface area contributed by atoms with E-state index >= 15 is 0 Å². The van der Waals surface area contributed by atoms with Crippen LogP contribution in [0.25, 0.3) is 10.9 Å². The Morgan fingerprint density at radius 2 is 2.11 bits per heavy atom. The molecule has 0 bridgehead atoms. The van der Waals surface area contributed by atoms with Gasteiger partial charge in [0.2, 0.25) is 11.9 Å². The zero-order valence-electron chi connectivity index (χ0n) is 16.0. The molecule has 1 aromatic carbocycles. The summed E-state index contributed by atoms with van der Waals surface area (Å²) in [5, 5.41) is 7.44. The quantitative estimate of drug-likeness (QED) is 0.706. The van der Waals surface area contributed by atoms with Crippen LogP contribution in [0.15, 0.2) is 47.6 Å². The van der Waals surface area contributed by atoms with Gasteiger partial charge in [0.15, 0.2) is 0 Å². The minimum absolute atomic E-state index is 0.501. The second-order valence-electron chi connectivity index (χ2n) is 6.48. The van der Waals surface area contributed by atoms with Crippen molar-refractivity contribution in [1.82, 2.24) is 25.2 Å². The van der Waals surface area contributed by atoms with Crippen molar-refractivity contribution in [3.8, 4) is 5.75 Å². The molecule has 0 radical (unpaired) electrons. The van der Waals surface area contributed by atoms with Gasteiger partial charge in [-0.15, -0.1) is 0 Å². The molecule has 2 aromatic heterocycles. The van der Waals surface area contributed by atoms with Crippen LogP contribution in [0.4, 0.5) is 5.95 Å². The van der Waals surface area contributed by atoms with Crippen molar-refractivity contribution in [3.05, 3.63) is 54.0 Å². The number of para-hydroxylation sites is 1.